The average Bonchev–Trinajstić information content (AvgIpc) is 3.30. The molecule has 0 aliphatic carbocycles. The van der Waals surface area contributed by atoms with E-state index in [1.165, 1.54) is 11.1 Å². The van der Waals surface area contributed by atoms with Crippen LogP contribution in [0.3, 0.4) is 0 Å². The van der Waals surface area contributed by atoms with E-state index in [1.807, 2.05) is 11.0 Å². The van der Waals surface area contributed by atoms with E-state index < -0.39 is 0 Å². The van der Waals surface area contributed by atoms with Gasteiger partial charge in [-0.2, -0.15) is 0 Å². The van der Waals surface area contributed by atoms with Gasteiger partial charge >= 0.3 is 0 Å². The van der Waals surface area contributed by atoms with Gasteiger partial charge in [0, 0.05) is 49.2 Å². The first-order chi connectivity index (χ1) is 17.4. The van der Waals surface area contributed by atoms with Crippen LogP contribution < -0.4 is 0 Å². The molecule has 0 saturated heterocycles. The molecule has 0 bridgehead atoms. The third-order valence-electron chi connectivity index (χ3n) is 6.12. The zero-order valence-corrected chi connectivity index (χ0v) is 22.2. The van der Waals surface area contributed by atoms with Crippen LogP contribution in [0.5, 0.6) is 0 Å². The summed E-state index contributed by atoms with van der Waals surface area (Å²) in [6.45, 7) is 6.74. The van der Waals surface area contributed by atoms with Crippen LogP contribution in [0.4, 0.5) is 0 Å². The number of carbonyl (C=O) groups excluding carboxylic acids is 2. The number of nitrogens with zero attached hydrogens (tertiary/aromatic N) is 3. The van der Waals surface area contributed by atoms with Gasteiger partial charge in [0.2, 0.25) is 5.91 Å². The first-order valence-corrected chi connectivity index (χ1v) is 12.8. The largest absolute Gasteiger partial charge is 0.383 e. The van der Waals surface area contributed by atoms with Crippen LogP contribution in [0.2, 0.25) is 5.02 Å². The first-order valence-electron chi connectivity index (χ1n) is 12.4. The second-order valence-electron chi connectivity index (χ2n) is 9.01. The third kappa shape index (κ3) is 7.97. The van der Waals surface area contributed by atoms with Gasteiger partial charge in [-0.25, -0.2) is 0 Å². The Morgan fingerprint density at radius 2 is 1.78 bits per heavy atom. The van der Waals surface area contributed by atoms with Gasteiger partial charge in [0.25, 0.3) is 5.91 Å². The molecule has 0 aliphatic rings. The van der Waals surface area contributed by atoms with Crippen LogP contribution in [0.1, 0.15) is 46.9 Å². The molecule has 0 unspecified atom stereocenters. The van der Waals surface area contributed by atoms with Crippen molar-refractivity contribution in [1.29, 1.82) is 0 Å². The van der Waals surface area contributed by atoms with Crippen LogP contribution in [-0.4, -0.2) is 59.5 Å². The standard InChI is InChI=1S/C29H36ClN3O3/c1-4-5-15-32(21-27-10-7-16-31(27)20-24-9-6-8-23(2)19-24)28(34)22-33(17-18-36-3)29(35)25-11-13-26(30)14-12-25/h6-14,16,19H,4-5,15,17-18,20-22H2,1-3H3. The molecular weight excluding hydrogens is 474 g/mol. The molecule has 1 heterocycles. The molecule has 1 aromatic heterocycles. The molecule has 0 atom stereocenters. The summed E-state index contributed by atoms with van der Waals surface area (Å²) in [7, 11) is 1.59. The van der Waals surface area contributed by atoms with Crippen molar-refractivity contribution < 1.29 is 14.3 Å². The SMILES string of the molecule is CCCCN(Cc1cccn1Cc1cccc(C)c1)C(=O)CN(CCOC)C(=O)c1ccc(Cl)cc1. The number of unbranched alkanes of at least 4 members (excludes halogenated alkanes) is 1. The summed E-state index contributed by atoms with van der Waals surface area (Å²) in [5.41, 5.74) is 4.00. The smallest absolute Gasteiger partial charge is 0.254 e. The molecular formula is C29H36ClN3O3. The van der Waals surface area contributed by atoms with Gasteiger partial charge in [0.15, 0.2) is 0 Å². The van der Waals surface area contributed by atoms with Crippen molar-refractivity contribution in [3.8, 4) is 0 Å². The highest BCUT2D eigenvalue weighted by Crippen LogP contribution is 2.15. The number of hydrogen-bond donors (Lipinski definition) is 0. The summed E-state index contributed by atoms with van der Waals surface area (Å²) in [6.07, 6.45) is 3.92. The predicted octanol–water partition coefficient (Wildman–Crippen LogP) is 5.42. The van der Waals surface area contributed by atoms with Crippen molar-refractivity contribution in [1.82, 2.24) is 14.4 Å². The van der Waals surface area contributed by atoms with Gasteiger partial charge in [-0.05, 0) is 55.3 Å². The fourth-order valence-electron chi connectivity index (χ4n) is 4.08. The number of carbonyl (C=O) groups is 2. The molecule has 0 N–H and O–H groups in total. The fourth-order valence-corrected chi connectivity index (χ4v) is 4.21. The van der Waals surface area contributed by atoms with E-state index in [2.05, 4.69) is 54.9 Å². The number of halogens is 1. The summed E-state index contributed by atoms with van der Waals surface area (Å²) >= 11 is 5.99. The molecule has 2 amide bonds. The van der Waals surface area contributed by atoms with Crippen LogP contribution in [0.15, 0.2) is 66.9 Å². The molecule has 0 fully saturated rings. The molecule has 2 aromatic carbocycles. The Labute approximate surface area is 219 Å². The lowest BCUT2D eigenvalue weighted by Gasteiger charge is -2.28. The minimum Gasteiger partial charge on any atom is -0.383 e. The predicted molar refractivity (Wildman–Crippen MR) is 144 cm³/mol. The highest BCUT2D eigenvalue weighted by molar-refractivity contribution is 6.30. The van der Waals surface area contributed by atoms with Crippen molar-refractivity contribution in [2.24, 2.45) is 0 Å². The van der Waals surface area contributed by atoms with Crippen LogP contribution >= 0.6 is 11.6 Å². The summed E-state index contributed by atoms with van der Waals surface area (Å²) in [5, 5.41) is 0.561. The summed E-state index contributed by atoms with van der Waals surface area (Å²) in [4.78, 5) is 30.1. The van der Waals surface area contributed by atoms with E-state index in [-0.39, 0.29) is 18.4 Å². The van der Waals surface area contributed by atoms with Crippen molar-refractivity contribution in [2.45, 2.75) is 39.8 Å². The molecule has 36 heavy (non-hydrogen) atoms. The number of benzene rings is 2. The van der Waals surface area contributed by atoms with Crippen LogP contribution in [-0.2, 0) is 22.6 Å². The molecule has 0 aliphatic heterocycles. The Morgan fingerprint density at radius 1 is 1.00 bits per heavy atom. The van der Waals surface area contributed by atoms with Gasteiger partial charge < -0.3 is 19.1 Å². The lowest BCUT2D eigenvalue weighted by Crippen LogP contribution is -2.44. The molecule has 192 valence electrons. The highest BCUT2D eigenvalue weighted by atomic mass is 35.5. The van der Waals surface area contributed by atoms with Crippen LogP contribution in [0, 0.1) is 6.92 Å². The quantitative estimate of drug-likeness (QED) is 0.309. The topological polar surface area (TPSA) is 54.8 Å². The van der Waals surface area contributed by atoms with Gasteiger partial charge in [0.1, 0.15) is 6.54 Å². The van der Waals surface area contributed by atoms with Crippen LogP contribution in [0.25, 0.3) is 0 Å². The van der Waals surface area contributed by atoms with Gasteiger partial charge in [-0.3, -0.25) is 9.59 Å². The zero-order chi connectivity index (χ0) is 25.9. The lowest BCUT2D eigenvalue weighted by atomic mass is 10.1. The van der Waals surface area contributed by atoms with Gasteiger partial charge in [-0.15, -0.1) is 0 Å². The third-order valence-corrected chi connectivity index (χ3v) is 6.37. The average molecular weight is 510 g/mol. The summed E-state index contributed by atoms with van der Waals surface area (Å²) < 4.78 is 7.39. The van der Waals surface area contributed by atoms with Crippen molar-refractivity contribution in [3.63, 3.8) is 0 Å². The second kappa shape index (κ2) is 13.9. The normalized spacial score (nSPS) is 10.9. The monoisotopic (exact) mass is 509 g/mol. The molecule has 3 rings (SSSR count). The zero-order valence-electron chi connectivity index (χ0n) is 21.5. The molecule has 3 aromatic rings. The second-order valence-corrected chi connectivity index (χ2v) is 9.45. The summed E-state index contributed by atoms with van der Waals surface area (Å²) in [5.74, 6) is -0.291. The lowest BCUT2D eigenvalue weighted by molar-refractivity contribution is -0.132. The van der Waals surface area contributed by atoms with Crippen molar-refractivity contribution in [2.75, 3.05) is 33.4 Å². The number of aromatic nitrogens is 1. The fraction of sp³-hybridized carbons (Fsp3) is 0.379. The van der Waals surface area contributed by atoms with Gasteiger partial charge in [0.05, 0.1) is 13.2 Å². The number of amides is 2. The van der Waals surface area contributed by atoms with E-state index in [4.69, 9.17) is 16.3 Å². The Bertz CT molecular complexity index is 1130. The van der Waals surface area contributed by atoms with E-state index in [0.717, 1.165) is 25.1 Å². The number of rotatable bonds is 13. The van der Waals surface area contributed by atoms with E-state index in [1.54, 1.807) is 36.3 Å². The van der Waals surface area contributed by atoms with Gasteiger partial charge in [-0.1, -0.05) is 54.8 Å². The minimum atomic E-state index is -0.213. The highest BCUT2D eigenvalue weighted by Gasteiger charge is 2.23. The maximum Gasteiger partial charge on any atom is 0.254 e. The number of aryl methyl sites for hydroxylation is 1. The first kappa shape index (κ1) is 27.5. The van der Waals surface area contributed by atoms with E-state index in [9.17, 15) is 9.59 Å². The van der Waals surface area contributed by atoms with E-state index in [0.29, 0.717) is 36.8 Å². The van der Waals surface area contributed by atoms with Crippen molar-refractivity contribution >= 4 is 23.4 Å². The summed E-state index contributed by atoms with van der Waals surface area (Å²) in [6, 6.07) is 19.3. The Kier molecular flexibility index (Phi) is 10.6. The minimum absolute atomic E-state index is 0.00682. The number of hydrogen-bond acceptors (Lipinski definition) is 3. The molecule has 7 heteroatoms. The number of methoxy groups -OCH3 is 1. The Balaban J connectivity index is 1.75. The Morgan fingerprint density at radius 3 is 2.47 bits per heavy atom. The maximum absolute atomic E-state index is 13.5. The number of ether oxygens (including phenoxy) is 1. The van der Waals surface area contributed by atoms with Crippen molar-refractivity contribution in [3.05, 3.63) is 94.3 Å². The molecule has 0 radical (unpaired) electrons. The molecule has 0 saturated carbocycles. The Hall–Kier alpha value is -3.09. The molecule has 0 spiro atoms. The van der Waals surface area contributed by atoms with E-state index >= 15 is 0 Å². The molecule has 6 nitrogen and oxygen atoms in total. The maximum atomic E-state index is 13.5.